The van der Waals surface area contributed by atoms with Crippen LogP contribution in [0.3, 0.4) is 0 Å². The van der Waals surface area contributed by atoms with Crippen molar-refractivity contribution >= 4 is 27.6 Å². The van der Waals surface area contributed by atoms with Crippen molar-refractivity contribution in [1.82, 2.24) is 24.7 Å². The van der Waals surface area contributed by atoms with E-state index in [0.29, 0.717) is 22.7 Å². The molecule has 18 heavy (non-hydrogen) atoms. The van der Waals surface area contributed by atoms with E-state index >= 15 is 0 Å². The van der Waals surface area contributed by atoms with Crippen molar-refractivity contribution in [3.05, 3.63) is 23.0 Å². The highest BCUT2D eigenvalue weighted by atomic mass is 79.9. The van der Waals surface area contributed by atoms with Gasteiger partial charge in [0.2, 0.25) is 0 Å². The number of hydrazine groups is 1. The second-order valence-electron chi connectivity index (χ2n) is 3.56. The number of aryl methyl sites for hydroxylation is 1. The van der Waals surface area contributed by atoms with Gasteiger partial charge in [0.25, 0.3) is 0 Å². The predicted octanol–water partition coefficient (Wildman–Crippen LogP) is 0.308. The van der Waals surface area contributed by atoms with Gasteiger partial charge in [0.05, 0.1) is 0 Å². The minimum atomic E-state index is 0.533. The summed E-state index contributed by atoms with van der Waals surface area (Å²) in [6, 6.07) is 0. The topological polar surface area (TPSA) is 107 Å². The molecule has 0 aliphatic rings. The molecule has 4 N–H and O–H groups in total. The molecule has 2 aromatic rings. The fourth-order valence-electron chi connectivity index (χ4n) is 1.42. The number of halogens is 1. The highest BCUT2D eigenvalue weighted by molar-refractivity contribution is 9.10. The fourth-order valence-corrected chi connectivity index (χ4v) is 1.88. The van der Waals surface area contributed by atoms with Gasteiger partial charge in [0.1, 0.15) is 28.8 Å². The Labute approximate surface area is 112 Å². The third-order valence-corrected chi connectivity index (χ3v) is 3.12. The zero-order chi connectivity index (χ0) is 13.0. The average molecular weight is 313 g/mol. The zero-order valence-electron chi connectivity index (χ0n) is 9.76. The number of hydrogen-bond donors (Lipinski definition) is 3. The van der Waals surface area contributed by atoms with Crippen molar-refractivity contribution in [2.24, 2.45) is 12.9 Å². The first-order valence-corrected chi connectivity index (χ1v) is 6.05. The van der Waals surface area contributed by atoms with E-state index in [4.69, 9.17) is 5.84 Å². The first-order chi connectivity index (χ1) is 8.72. The summed E-state index contributed by atoms with van der Waals surface area (Å²) < 4.78 is 2.58. The fraction of sp³-hybridized carbons (Fsp3) is 0.333. The van der Waals surface area contributed by atoms with Crippen LogP contribution in [0.2, 0.25) is 0 Å². The molecular formula is C9H13BrN8. The van der Waals surface area contributed by atoms with Gasteiger partial charge in [-0.1, -0.05) is 0 Å². The van der Waals surface area contributed by atoms with E-state index in [9.17, 15) is 0 Å². The average Bonchev–Trinajstić information content (AvgIpc) is 2.77. The maximum absolute atomic E-state index is 5.33. The largest absolute Gasteiger partial charge is 0.369 e. The van der Waals surface area contributed by atoms with E-state index in [-0.39, 0.29) is 0 Å². The Balaban J connectivity index is 1.96. The summed E-state index contributed by atoms with van der Waals surface area (Å²) in [6.07, 6.45) is 3.86. The first-order valence-electron chi connectivity index (χ1n) is 5.26. The lowest BCUT2D eigenvalue weighted by atomic mass is 10.4. The number of nitrogens with two attached hydrogens (primary N) is 1. The Morgan fingerprint density at radius 2 is 2.17 bits per heavy atom. The molecule has 2 heterocycles. The smallest absolute Gasteiger partial charge is 0.159 e. The molecule has 2 aromatic heterocycles. The van der Waals surface area contributed by atoms with Gasteiger partial charge in [0.15, 0.2) is 5.82 Å². The van der Waals surface area contributed by atoms with E-state index < -0.39 is 0 Å². The Morgan fingerprint density at radius 1 is 1.39 bits per heavy atom. The summed E-state index contributed by atoms with van der Waals surface area (Å²) in [5.74, 6) is 7.45. The molecule has 0 fully saturated rings. The maximum Gasteiger partial charge on any atom is 0.159 e. The lowest BCUT2D eigenvalue weighted by Gasteiger charge is -2.09. The Kier molecular flexibility index (Phi) is 4.05. The number of anilines is 2. The second-order valence-corrected chi connectivity index (χ2v) is 4.36. The lowest BCUT2D eigenvalue weighted by Crippen LogP contribution is -2.13. The van der Waals surface area contributed by atoms with Crippen LogP contribution >= 0.6 is 15.9 Å². The molecule has 0 saturated carbocycles. The van der Waals surface area contributed by atoms with Gasteiger partial charge >= 0.3 is 0 Å². The molecule has 96 valence electrons. The van der Waals surface area contributed by atoms with Gasteiger partial charge in [0, 0.05) is 20.0 Å². The van der Waals surface area contributed by atoms with Crippen LogP contribution in [0.25, 0.3) is 0 Å². The summed E-state index contributed by atoms with van der Waals surface area (Å²) in [7, 11) is 1.91. The molecule has 9 heteroatoms. The van der Waals surface area contributed by atoms with E-state index in [0.717, 1.165) is 12.2 Å². The van der Waals surface area contributed by atoms with Crippen LogP contribution in [0, 0.1) is 0 Å². The molecule has 0 bridgehead atoms. The molecule has 0 radical (unpaired) electrons. The van der Waals surface area contributed by atoms with E-state index in [1.165, 1.54) is 6.33 Å². The highest BCUT2D eigenvalue weighted by Gasteiger charge is 2.07. The number of hydrogen-bond acceptors (Lipinski definition) is 7. The van der Waals surface area contributed by atoms with Crippen molar-refractivity contribution < 1.29 is 0 Å². The molecule has 0 unspecified atom stereocenters. The van der Waals surface area contributed by atoms with Crippen LogP contribution in [0.15, 0.2) is 17.1 Å². The van der Waals surface area contributed by atoms with E-state index in [1.54, 1.807) is 6.33 Å². The number of rotatable bonds is 5. The Morgan fingerprint density at radius 3 is 2.83 bits per heavy atom. The van der Waals surface area contributed by atoms with Crippen LogP contribution in [0.1, 0.15) is 5.82 Å². The van der Waals surface area contributed by atoms with Crippen LogP contribution in [0.5, 0.6) is 0 Å². The summed E-state index contributed by atoms with van der Waals surface area (Å²) >= 11 is 3.37. The summed E-state index contributed by atoms with van der Waals surface area (Å²) in [4.78, 5) is 8.09. The van der Waals surface area contributed by atoms with E-state index in [2.05, 4.69) is 46.8 Å². The molecule has 0 amide bonds. The Bertz CT molecular complexity index is 525. The maximum atomic E-state index is 5.33. The van der Waals surface area contributed by atoms with Gasteiger partial charge in [-0.2, -0.15) is 0 Å². The third kappa shape index (κ3) is 2.74. The van der Waals surface area contributed by atoms with Crippen LogP contribution < -0.4 is 16.6 Å². The second kappa shape index (κ2) is 5.74. The third-order valence-electron chi connectivity index (χ3n) is 2.37. The van der Waals surface area contributed by atoms with Crippen molar-refractivity contribution in [2.75, 3.05) is 17.3 Å². The van der Waals surface area contributed by atoms with Crippen LogP contribution in [0.4, 0.5) is 11.6 Å². The van der Waals surface area contributed by atoms with Crippen LogP contribution in [-0.2, 0) is 13.5 Å². The molecular weight excluding hydrogens is 300 g/mol. The highest BCUT2D eigenvalue weighted by Crippen LogP contribution is 2.25. The monoisotopic (exact) mass is 312 g/mol. The van der Waals surface area contributed by atoms with Gasteiger partial charge in [-0.3, -0.25) is 0 Å². The van der Waals surface area contributed by atoms with Crippen molar-refractivity contribution in [2.45, 2.75) is 6.42 Å². The van der Waals surface area contributed by atoms with Crippen molar-refractivity contribution in [3.63, 3.8) is 0 Å². The van der Waals surface area contributed by atoms with Crippen molar-refractivity contribution in [1.29, 1.82) is 0 Å². The Hall–Kier alpha value is -1.74. The van der Waals surface area contributed by atoms with Crippen LogP contribution in [-0.4, -0.2) is 31.3 Å². The molecule has 2 rings (SSSR count). The SMILES string of the molecule is Cn1cnnc1CCNc1ncnc(NN)c1Br. The van der Waals surface area contributed by atoms with Gasteiger partial charge in [-0.25, -0.2) is 15.8 Å². The minimum absolute atomic E-state index is 0.533. The number of nitrogens with zero attached hydrogens (tertiary/aromatic N) is 5. The summed E-state index contributed by atoms with van der Waals surface area (Å²) in [5.41, 5.74) is 2.48. The normalized spacial score (nSPS) is 10.4. The number of nitrogen functional groups attached to an aromatic ring is 1. The molecule has 0 atom stereocenters. The molecule has 0 aliphatic carbocycles. The molecule has 0 aromatic carbocycles. The summed E-state index contributed by atoms with van der Waals surface area (Å²) in [6.45, 7) is 0.687. The lowest BCUT2D eigenvalue weighted by molar-refractivity contribution is 0.787. The number of nitrogens with one attached hydrogen (secondary N) is 2. The molecule has 0 saturated heterocycles. The predicted molar refractivity (Wildman–Crippen MR) is 70.7 cm³/mol. The molecule has 8 nitrogen and oxygen atoms in total. The number of aromatic nitrogens is 5. The minimum Gasteiger partial charge on any atom is -0.369 e. The molecule has 0 aliphatic heterocycles. The van der Waals surface area contributed by atoms with Crippen molar-refractivity contribution in [3.8, 4) is 0 Å². The standard InChI is InChI=1S/C9H13BrN8/c1-18-5-15-17-6(18)2-3-12-8-7(10)9(16-11)14-4-13-8/h4-5H,2-3,11H2,1H3,(H2,12,13,14,16). The zero-order valence-corrected chi connectivity index (χ0v) is 11.3. The summed E-state index contributed by atoms with van der Waals surface area (Å²) in [5, 5.41) is 11.0. The quantitative estimate of drug-likeness (QED) is 0.538. The van der Waals surface area contributed by atoms with Gasteiger partial charge < -0.3 is 15.3 Å². The van der Waals surface area contributed by atoms with E-state index in [1.807, 2.05) is 11.6 Å². The van der Waals surface area contributed by atoms with Gasteiger partial charge in [-0.05, 0) is 15.9 Å². The molecule has 0 spiro atoms. The van der Waals surface area contributed by atoms with Gasteiger partial charge in [-0.15, -0.1) is 10.2 Å². The first kappa shape index (κ1) is 12.7.